The number of nitrogens with zero attached hydrogens (tertiary/aromatic N) is 3. The largest absolute Gasteiger partial charge is 0.507 e. The van der Waals surface area contributed by atoms with Gasteiger partial charge in [-0.2, -0.15) is 13.2 Å². The number of phenols is 1. The Morgan fingerprint density at radius 1 is 1.06 bits per heavy atom. The molecule has 2 aromatic rings. The third-order valence-corrected chi connectivity index (χ3v) is 6.28. The summed E-state index contributed by atoms with van der Waals surface area (Å²) in [6.45, 7) is 0.497. The maximum absolute atomic E-state index is 12.8. The van der Waals surface area contributed by atoms with Crippen LogP contribution in [0, 0.1) is 10.1 Å². The first-order valence-electron chi connectivity index (χ1n) is 8.85. The highest BCUT2D eigenvalue weighted by Gasteiger charge is 2.47. The number of carbonyl (C=O) groups is 1. The molecule has 0 bridgehead atoms. The number of hydrogen-bond acceptors (Lipinski definition) is 7. The molecule has 0 aliphatic carbocycles. The molecule has 13 heteroatoms. The Morgan fingerprint density at radius 3 is 2.23 bits per heavy atom. The topological polar surface area (TPSA) is 121 Å². The van der Waals surface area contributed by atoms with Gasteiger partial charge in [0, 0.05) is 32.2 Å². The van der Waals surface area contributed by atoms with E-state index >= 15 is 0 Å². The van der Waals surface area contributed by atoms with Gasteiger partial charge >= 0.3 is 5.51 Å². The predicted molar refractivity (Wildman–Crippen MR) is 103 cm³/mol. The molecule has 1 amide bonds. The molecule has 2 aromatic carbocycles. The van der Waals surface area contributed by atoms with Gasteiger partial charge in [-0.05, 0) is 24.3 Å². The number of alkyl halides is 3. The van der Waals surface area contributed by atoms with Gasteiger partial charge in [0.15, 0.2) is 0 Å². The third-order valence-electron chi connectivity index (χ3n) is 4.80. The number of amides is 1. The Balaban J connectivity index is 1.82. The monoisotopic (exact) mass is 459 g/mol. The summed E-state index contributed by atoms with van der Waals surface area (Å²) in [5, 5.41) is 21.2. The lowest BCUT2D eigenvalue weighted by atomic mass is 10.1. The molecule has 1 N–H and O–H groups in total. The smallest absolute Gasteiger partial charge is 0.501 e. The molecule has 0 atom stereocenters. The summed E-state index contributed by atoms with van der Waals surface area (Å²) in [6, 6.07) is 7.98. The van der Waals surface area contributed by atoms with Crippen molar-refractivity contribution in [2.24, 2.45) is 0 Å². The Labute approximate surface area is 174 Å². The molecule has 1 aliphatic rings. The predicted octanol–water partition coefficient (Wildman–Crippen LogP) is 2.56. The van der Waals surface area contributed by atoms with Gasteiger partial charge in [-0.15, -0.1) is 0 Å². The van der Waals surface area contributed by atoms with Gasteiger partial charge in [-0.1, -0.05) is 12.1 Å². The summed E-state index contributed by atoms with van der Waals surface area (Å²) < 4.78 is 61.5. The van der Waals surface area contributed by atoms with Crippen LogP contribution in [0.5, 0.6) is 5.75 Å². The summed E-state index contributed by atoms with van der Waals surface area (Å²) in [5.74, 6) is -0.620. The average molecular weight is 459 g/mol. The Bertz CT molecular complexity index is 1130. The van der Waals surface area contributed by atoms with Crippen LogP contribution in [0.1, 0.15) is 10.4 Å². The van der Waals surface area contributed by atoms with E-state index in [4.69, 9.17) is 0 Å². The van der Waals surface area contributed by atoms with E-state index in [1.807, 2.05) is 0 Å². The quantitative estimate of drug-likeness (QED) is 0.551. The molecule has 1 aliphatic heterocycles. The minimum atomic E-state index is -5.73. The first-order chi connectivity index (χ1) is 14.4. The maximum atomic E-state index is 12.8. The number of benzene rings is 2. The van der Waals surface area contributed by atoms with E-state index < -0.39 is 36.8 Å². The number of hydrogen-bond donors (Lipinski definition) is 1. The Morgan fingerprint density at radius 2 is 1.68 bits per heavy atom. The number of sulfone groups is 1. The van der Waals surface area contributed by atoms with Gasteiger partial charge in [0.2, 0.25) is 0 Å². The fourth-order valence-corrected chi connectivity index (χ4v) is 3.97. The fraction of sp³-hybridized carbons (Fsp3) is 0.278. The lowest BCUT2D eigenvalue weighted by Gasteiger charge is -2.36. The van der Waals surface area contributed by atoms with Gasteiger partial charge in [0.25, 0.3) is 21.4 Å². The lowest BCUT2D eigenvalue weighted by molar-refractivity contribution is -0.384. The first kappa shape index (κ1) is 22.3. The van der Waals surface area contributed by atoms with Crippen LogP contribution in [0.2, 0.25) is 0 Å². The van der Waals surface area contributed by atoms with Gasteiger partial charge in [-0.25, -0.2) is 8.42 Å². The molecule has 0 saturated carbocycles. The number of para-hydroxylation sites is 1. The Hall–Kier alpha value is -3.35. The average Bonchev–Trinajstić information content (AvgIpc) is 2.72. The van der Waals surface area contributed by atoms with Gasteiger partial charge in [0.05, 0.1) is 15.4 Å². The number of rotatable bonds is 4. The van der Waals surface area contributed by atoms with Crippen molar-refractivity contribution in [3.8, 4) is 5.75 Å². The molecule has 0 radical (unpaired) electrons. The molecule has 166 valence electrons. The summed E-state index contributed by atoms with van der Waals surface area (Å²) in [7, 11) is -5.73. The highest BCUT2D eigenvalue weighted by atomic mass is 32.2. The molecule has 1 fully saturated rings. The number of aromatic hydroxyl groups is 1. The second-order valence-corrected chi connectivity index (χ2v) is 8.59. The van der Waals surface area contributed by atoms with Gasteiger partial charge in [0.1, 0.15) is 11.4 Å². The molecule has 0 unspecified atom stereocenters. The van der Waals surface area contributed by atoms with Crippen LogP contribution in [-0.2, 0) is 9.84 Å². The van der Waals surface area contributed by atoms with Gasteiger partial charge < -0.3 is 14.9 Å². The summed E-state index contributed by atoms with van der Waals surface area (Å²) in [6.07, 6.45) is 0. The van der Waals surface area contributed by atoms with Crippen molar-refractivity contribution in [2.75, 3.05) is 31.1 Å². The standard InChI is InChI=1S/C18H16F3N3O6S/c19-18(20,21)31(29,30)12-5-6-14(15(11-12)24(27)28)22-7-9-23(10-8-22)17(26)13-3-1-2-4-16(13)25/h1-6,11,25H,7-10H2. The molecule has 0 aromatic heterocycles. The van der Waals surface area contributed by atoms with E-state index in [-0.39, 0.29) is 43.2 Å². The zero-order chi connectivity index (χ0) is 23.0. The van der Waals surface area contributed by atoms with E-state index in [0.717, 1.165) is 6.07 Å². The zero-order valence-corrected chi connectivity index (χ0v) is 16.6. The number of phenolic OH excluding ortho intramolecular Hbond substituents is 1. The molecule has 1 heterocycles. The number of carbonyl (C=O) groups excluding carboxylic acids is 1. The molecule has 9 nitrogen and oxygen atoms in total. The third kappa shape index (κ3) is 4.26. The van der Waals surface area contributed by atoms with Crippen molar-refractivity contribution in [2.45, 2.75) is 10.4 Å². The summed E-state index contributed by atoms with van der Waals surface area (Å²) in [5.41, 5.74) is -6.33. The van der Waals surface area contributed by atoms with Crippen LogP contribution in [0.3, 0.4) is 0 Å². The number of anilines is 1. The number of nitro groups is 1. The van der Waals surface area contributed by atoms with Crippen molar-refractivity contribution < 1.29 is 36.4 Å². The van der Waals surface area contributed by atoms with Crippen molar-refractivity contribution in [1.29, 1.82) is 0 Å². The number of piperazine rings is 1. The van der Waals surface area contributed by atoms with Crippen LogP contribution < -0.4 is 4.90 Å². The second-order valence-electron chi connectivity index (χ2n) is 6.65. The van der Waals surface area contributed by atoms with Crippen LogP contribution in [-0.4, -0.2) is 60.9 Å². The molecule has 31 heavy (non-hydrogen) atoms. The molecular weight excluding hydrogens is 443 g/mol. The Kier molecular flexibility index (Phi) is 5.81. The van der Waals surface area contributed by atoms with E-state index in [2.05, 4.69) is 0 Å². The zero-order valence-electron chi connectivity index (χ0n) is 15.7. The minimum Gasteiger partial charge on any atom is -0.507 e. The fourth-order valence-electron chi connectivity index (χ4n) is 3.19. The number of halogens is 3. The van der Waals surface area contributed by atoms with E-state index in [9.17, 15) is 41.6 Å². The highest BCUT2D eigenvalue weighted by Crippen LogP contribution is 2.36. The van der Waals surface area contributed by atoms with Crippen LogP contribution in [0.15, 0.2) is 47.4 Å². The maximum Gasteiger partial charge on any atom is 0.501 e. The van der Waals surface area contributed by atoms with Crippen molar-refractivity contribution in [3.63, 3.8) is 0 Å². The normalized spacial score (nSPS) is 15.1. The van der Waals surface area contributed by atoms with Crippen LogP contribution >= 0.6 is 0 Å². The lowest BCUT2D eigenvalue weighted by Crippen LogP contribution is -2.49. The second kappa shape index (κ2) is 8.06. The molecule has 0 spiro atoms. The van der Waals surface area contributed by atoms with Crippen LogP contribution in [0.4, 0.5) is 24.5 Å². The van der Waals surface area contributed by atoms with Crippen LogP contribution in [0.25, 0.3) is 0 Å². The van der Waals surface area contributed by atoms with E-state index in [1.54, 1.807) is 12.1 Å². The van der Waals surface area contributed by atoms with E-state index in [0.29, 0.717) is 12.1 Å². The van der Waals surface area contributed by atoms with Crippen molar-refractivity contribution in [3.05, 3.63) is 58.1 Å². The first-order valence-corrected chi connectivity index (χ1v) is 10.3. The van der Waals surface area contributed by atoms with E-state index in [1.165, 1.54) is 21.9 Å². The highest BCUT2D eigenvalue weighted by molar-refractivity contribution is 7.92. The minimum absolute atomic E-state index is 0.0548. The van der Waals surface area contributed by atoms with Crippen molar-refractivity contribution >= 4 is 27.1 Å². The molecule has 1 saturated heterocycles. The van der Waals surface area contributed by atoms with Crippen molar-refractivity contribution in [1.82, 2.24) is 4.90 Å². The molecular formula is C18H16F3N3O6S. The SMILES string of the molecule is O=C(c1ccccc1O)N1CCN(c2ccc(S(=O)(=O)C(F)(F)F)cc2[N+](=O)[O-])CC1. The summed E-state index contributed by atoms with van der Waals surface area (Å²) >= 11 is 0. The molecule has 3 rings (SSSR count). The number of nitro benzene ring substituents is 1. The van der Waals surface area contributed by atoms with Gasteiger partial charge in [-0.3, -0.25) is 14.9 Å². The summed E-state index contributed by atoms with van der Waals surface area (Å²) in [4.78, 5) is 24.7.